The summed E-state index contributed by atoms with van der Waals surface area (Å²) >= 11 is 0. The molecule has 1 unspecified atom stereocenters. The summed E-state index contributed by atoms with van der Waals surface area (Å²) in [7, 11) is 0. The molecule has 19 heavy (non-hydrogen) atoms. The predicted octanol–water partition coefficient (Wildman–Crippen LogP) is 2.85. The SMILES string of the molecule is O=[N+]([O-])c1cc(F)cc(F)c1NC1CCCOCC1. The molecule has 7 heteroatoms. The number of halogens is 2. The third-order valence-electron chi connectivity index (χ3n) is 3.03. The molecule has 0 amide bonds. The summed E-state index contributed by atoms with van der Waals surface area (Å²) in [5.74, 6) is -1.91. The first kappa shape index (κ1) is 13.7. The lowest BCUT2D eigenvalue weighted by Crippen LogP contribution is -2.21. The Labute approximate surface area is 108 Å². The minimum atomic E-state index is -0.959. The van der Waals surface area contributed by atoms with Gasteiger partial charge in [-0.25, -0.2) is 8.78 Å². The van der Waals surface area contributed by atoms with Gasteiger partial charge in [0, 0.05) is 25.3 Å². The number of benzene rings is 1. The van der Waals surface area contributed by atoms with E-state index in [0.717, 1.165) is 18.9 Å². The highest BCUT2D eigenvalue weighted by molar-refractivity contribution is 5.62. The van der Waals surface area contributed by atoms with Gasteiger partial charge in [0.05, 0.1) is 11.0 Å². The van der Waals surface area contributed by atoms with Crippen molar-refractivity contribution in [3.05, 3.63) is 33.9 Å². The largest absolute Gasteiger partial charge is 0.381 e. The van der Waals surface area contributed by atoms with Crippen molar-refractivity contribution in [2.45, 2.75) is 25.3 Å². The minimum absolute atomic E-state index is 0.110. The summed E-state index contributed by atoms with van der Waals surface area (Å²) in [6.45, 7) is 1.15. The van der Waals surface area contributed by atoms with Crippen LogP contribution in [-0.4, -0.2) is 24.2 Å². The van der Waals surface area contributed by atoms with Gasteiger partial charge in [0.25, 0.3) is 5.69 Å². The summed E-state index contributed by atoms with van der Waals surface area (Å²) < 4.78 is 32.0. The monoisotopic (exact) mass is 272 g/mol. The van der Waals surface area contributed by atoms with Crippen molar-refractivity contribution in [2.75, 3.05) is 18.5 Å². The number of ether oxygens (including phenoxy) is 1. The molecule has 5 nitrogen and oxygen atoms in total. The molecule has 1 fully saturated rings. The number of hydrogen-bond acceptors (Lipinski definition) is 4. The van der Waals surface area contributed by atoms with E-state index in [9.17, 15) is 18.9 Å². The van der Waals surface area contributed by atoms with Crippen LogP contribution >= 0.6 is 0 Å². The second kappa shape index (κ2) is 5.92. The number of nitrogens with one attached hydrogen (secondary N) is 1. The Morgan fingerprint density at radius 2 is 2.11 bits per heavy atom. The maximum atomic E-state index is 13.7. The molecule has 0 bridgehead atoms. The molecule has 1 aliphatic rings. The first-order chi connectivity index (χ1) is 9.08. The molecule has 104 valence electrons. The van der Waals surface area contributed by atoms with Crippen molar-refractivity contribution < 1.29 is 18.4 Å². The van der Waals surface area contributed by atoms with Crippen molar-refractivity contribution in [3.8, 4) is 0 Å². The average Bonchev–Trinajstić information content (AvgIpc) is 2.60. The van der Waals surface area contributed by atoms with E-state index in [2.05, 4.69) is 5.32 Å². The van der Waals surface area contributed by atoms with E-state index in [1.54, 1.807) is 0 Å². The Morgan fingerprint density at radius 1 is 1.32 bits per heavy atom. The third-order valence-corrected chi connectivity index (χ3v) is 3.03. The van der Waals surface area contributed by atoms with Crippen molar-refractivity contribution in [1.29, 1.82) is 0 Å². The summed E-state index contributed by atoms with van der Waals surface area (Å²) in [6.07, 6.45) is 2.16. The fourth-order valence-corrected chi connectivity index (χ4v) is 2.10. The van der Waals surface area contributed by atoms with Crippen molar-refractivity contribution in [2.24, 2.45) is 0 Å². The minimum Gasteiger partial charge on any atom is -0.381 e. The molecular formula is C12H14F2N2O3. The van der Waals surface area contributed by atoms with Gasteiger partial charge in [-0.2, -0.15) is 0 Å². The van der Waals surface area contributed by atoms with Crippen LogP contribution in [0.1, 0.15) is 19.3 Å². The van der Waals surface area contributed by atoms with Gasteiger partial charge in [-0.1, -0.05) is 0 Å². The zero-order valence-electron chi connectivity index (χ0n) is 10.2. The standard InChI is InChI=1S/C12H14F2N2O3/c13-8-6-10(14)12(11(7-8)16(17)18)15-9-2-1-4-19-5-3-9/h6-7,9,15H,1-5H2. The first-order valence-corrected chi connectivity index (χ1v) is 6.05. The quantitative estimate of drug-likeness (QED) is 0.678. The van der Waals surface area contributed by atoms with E-state index in [4.69, 9.17) is 4.74 Å². The number of nitro groups is 1. The smallest absolute Gasteiger partial charge is 0.298 e. The van der Waals surface area contributed by atoms with Crippen molar-refractivity contribution >= 4 is 11.4 Å². The number of nitro benzene ring substituents is 1. The highest BCUT2D eigenvalue weighted by Crippen LogP contribution is 2.30. The Balaban J connectivity index is 2.25. The van der Waals surface area contributed by atoms with Crippen LogP contribution in [0.4, 0.5) is 20.2 Å². The van der Waals surface area contributed by atoms with E-state index in [1.807, 2.05) is 0 Å². The molecule has 1 aromatic rings. The fourth-order valence-electron chi connectivity index (χ4n) is 2.10. The summed E-state index contributed by atoms with van der Waals surface area (Å²) in [6, 6.07) is 1.25. The Kier molecular flexibility index (Phi) is 4.26. The lowest BCUT2D eigenvalue weighted by atomic mass is 10.1. The van der Waals surface area contributed by atoms with Crippen LogP contribution < -0.4 is 5.32 Å². The van der Waals surface area contributed by atoms with Crippen LogP contribution in [0.25, 0.3) is 0 Å². The van der Waals surface area contributed by atoms with Gasteiger partial charge >= 0.3 is 0 Å². The number of hydrogen-bond donors (Lipinski definition) is 1. The normalized spacial score (nSPS) is 19.8. The summed E-state index contributed by atoms with van der Waals surface area (Å²) in [4.78, 5) is 10.1. The first-order valence-electron chi connectivity index (χ1n) is 6.05. The zero-order chi connectivity index (χ0) is 13.8. The van der Waals surface area contributed by atoms with Crippen LogP contribution in [0.2, 0.25) is 0 Å². The molecule has 1 N–H and O–H groups in total. The number of anilines is 1. The lowest BCUT2D eigenvalue weighted by molar-refractivity contribution is -0.384. The van der Waals surface area contributed by atoms with Crippen LogP contribution in [0.5, 0.6) is 0 Å². The fraction of sp³-hybridized carbons (Fsp3) is 0.500. The maximum absolute atomic E-state index is 13.7. The number of rotatable bonds is 3. The predicted molar refractivity (Wildman–Crippen MR) is 65.1 cm³/mol. The van der Waals surface area contributed by atoms with Crippen molar-refractivity contribution in [3.63, 3.8) is 0 Å². The molecular weight excluding hydrogens is 258 g/mol. The van der Waals surface area contributed by atoms with E-state index < -0.39 is 22.2 Å². The number of nitrogens with zero attached hydrogens (tertiary/aromatic N) is 1. The molecule has 1 aromatic carbocycles. The zero-order valence-corrected chi connectivity index (χ0v) is 10.2. The molecule has 1 atom stereocenters. The molecule has 2 rings (SSSR count). The lowest BCUT2D eigenvalue weighted by Gasteiger charge is -2.17. The van der Waals surface area contributed by atoms with E-state index >= 15 is 0 Å². The topological polar surface area (TPSA) is 64.4 Å². The molecule has 0 radical (unpaired) electrons. The van der Waals surface area contributed by atoms with Crippen LogP contribution in [-0.2, 0) is 4.74 Å². The molecule has 1 heterocycles. The highest BCUT2D eigenvalue weighted by atomic mass is 19.1. The maximum Gasteiger partial charge on any atom is 0.298 e. The van der Waals surface area contributed by atoms with E-state index in [0.29, 0.717) is 25.7 Å². The molecule has 0 saturated carbocycles. The second-order valence-electron chi connectivity index (χ2n) is 4.42. The van der Waals surface area contributed by atoms with Crippen LogP contribution in [0.15, 0.2) is 12.1 Å². The van der Waals surface area contributed by atoms with Gasteiger partial charge < -0.3 is 10.1 Å². The molecule has 1 aliphatic heterocycles. The Morgan fingerprint density at radius 3 is 2.84 bits per heavy atom. The van der Waals surface area contributed by atoms with E-state index in [-0.39, 0.29) is 11.7 Å². The average molecular weight is 272 g/mol. The van der Waals surface area contributed by atoms with Crippen LogP contribution in [0.3, 0.4) is 0 Å². The molecule has 0 aromatic heterocycles. The van der Waals surface area contributed by atoms with Crippen LogP contribution in [0, 0.1) is 21.7 Å². The summed E-state index contributed by atoms with van der Waals surface area (Å²) in [5.41, 5.74) is -0.832. The van der Waals surface area contributed by atoms with Gasteiger partial charge in [-0.3, -0.25) is 10.1 Å². The van der Waals surface area contributed by atoms with Crippen molar-refractivity contribution in [1.82, 2.24) is 0 Å². The van der Waals surface area contributed by atoms with Gasteiger partial charge in [0.15, 0.2) is 5.82 Å². The van der Waals surface area contributed by atoms with Gasteiger partial charge in [0.2, 0.25) is 0 Å². The summed E-state index contributed by atoms with van der Waals surface area (Å²) in [5, 5.41) is 13.6. The molecule has 0 spiro atoms. The van der Waals surface area contributed by atoms with E-state index in [1.165, 1.54) is 0 Å². The Bertz CT molecular complexity index is 474. The second-order valence-corrected chi connectivity index (χ2v) is 4.42. The highest BCUT2D eigenvalue weighted by Gasteiger charge is 2.23. The van der Waals surface area contributed by atoms with Gasteiger partial charge in [-0.05, 0) is 19.3 Å². The third kappa shape index (κ3) is 3.37. The van der Waals surface area contributed by atoms with Gasteiger partial charge in [-0.15, -0.1) is 0 Å². The molecule has 0 aliphatic carbocycles. The Hall–Kier alpha value is -1.76. The van der Waals surface area contributed by atoms with Gasteiger partial charge in [0.1, 0.15) is 11.5 Å². The molecule has 1 saturated heterocycles.